The number of rotatable bonds is 3. The summed E-state index contributed by atoms with van der Waals surface area (Å²) in [4.78, 5) is 16.1. The van der Waals surface area contributed by atoms with Crippen LogP contribution in [-0.4, -0.2) is 26.9 Å². The fraction of sp³-hybridized carbons (Fsp3) is 0.667. The molecule has 0 spiro atoms. The molecule has 4 nitrogen and oxygen atoms in total. The molecule has 0 aliphatic heterocycles. The molecule has 1 aromatic heterocycles. The summed E-state index contributed by atoms with van der Waals surface area (Å²) in [5.74, 6) is 0.360. The second-order valence-corrected chi connectivity index (χ2v) is 5.12. The SMILES string of the molecule is Cn1cnc(C(=O)NC2(CCl)CCCCC2)c1. The van der Waals surface area contributed by atoms with Crippen LogP contribution < -0.4 is 5.32 Å². The Kier molecular flexibility index (Phi) is 3.72. The number of aryl methyl sites for hydroxylation is 1. The first-order valence-electron chi connectivity index (χ1n) is 6.02. The van der Waals surface area contributed by atoms with E-state index in [-0.39, 0.29) is 11.4 Å². The van der Waals surface area contributed by atoms with E-state index >= 15 is 0 Å². The number of aromatic nitrogens is 2. The number of hydrogen-bond donors (Lipinski definition) is 1. The highest BCUT2D eigenvalue weighted by Crippen LogP contribution is 2.29. The highest BCUT2D eigenvalue weighted by atomic mass is 35.5. The Balaban J connectivity index is 2.05. The summed E-state index contributed by atoms with van der Waals surface area (Å²) in [7, 11) is 1.85. The lowest BCUT2D eigenvalue weighted by molar-refractivity contribution is 0.0880. The standard InChI is InChI=1S/C12H18ClN3O/c1-16-7-10(14-9-16)11(17)15-12(8-13)5-3-2-4-6-12/h7,9H,2-6,8H2,1H3,(H,15,17). The molecule has 1 saturated carbocycles. The smallest absolute Gasteiger partial charge is 0.271 e. The minimum Gasteiger partial charge on any atom is -0.344 e. The third-order valence-corrected chi connectivity index (χ3v) is 3.89. The van der Waals surface area contributed by atoms with Gasteiger partial charge in [0.1, 0.15) is 5.69 Å². The van der Waals surface area contributed by atoms with Crippen LogP contribution in [0.4, 0.5) is 0 Å². The maximum atomic E-state index is 12.0. The molecule has 0 unspecified atom stereocenters. The van der Waals surface area contributed by atoms with Gasteiger partial charge < -0.3 is 9.88 Å². The quantitative estimate of drug-likeness (QED) is 0.841. The lowest BCUT2D eigenvalue weighted by Gasteiger charge is -2.36. The van der Waals surface area contributed by atoms with Gasteiger partial charge in [0, 0.05) is 19.1 Å². The van der Waals surface area contributed by atoms with Gasteiger partial charge in [-0.1, -0.05) is 19.3 Å². The van der Waals surface area contributed by atoms with Crippen LogP contribution in [0, 0.1) is 0 Å². The number of nitrogens with zero attached hydrogens (tertiary/aromatic N) is 2. The third kappa shape index (κ3) is 2.80. The normalized spacial score (nSPS) is 18.9. The molecule has 1 amide bonds. The van der Waals surface area contributed by atoms with Crippen LogP contribution in [-0.2, 0) is 7.05 Å². The summed E-state index contributed by atoms with van der Waals surface area (Å²) < 4.78 is 1.77. The van der Waals surface area contributed by atoms with E-state index in [9.17, 15) is 4.79 Å². The molecule has 94 valence electrons. The van der Waals surface area contributed by atoms with Crippen LogP contribution in [0.3, 0.4) is 0 Å². The highest BCUT2D eigenvalue weighted by Gasteiger charge is 2.33. The number of halogens is 1. The number of carbonyl (C=O) groups excluding carboxylic acids is 1. The van der Waals surface area contributed by atoms with Gasteiger partial charge in [-0.05, 0) is 12.8 Å². The number of amides is 1. The van der Waals surface area contributed by atoms with Crippen molar-refractivity contribution in [1.82, 2.24) is 14.9 Å². The third-order valence-electron chi connectivity index (χ3n) is 3.38. The van der Waals surface area contributed by atoms with Crippen LogP contribution in [0.1, 0.15) is 42.6 Å². The molecule has 0 bridgehead atoms. The zero-order valence-corrected chi connectivity index (χ0v) is 10.8. The molecule has 1 fully saturated rings. The van der Waals surface area contributed by atoms with E-state index in [1.165, 1.54) is 6.42 Å². The van der Waals surface area contributed by atoms with Crippen LogP contribution in [0.15, 0.2) is 12.5 Å². The van der Waals surface area contributed by atoms with Gasteiger partial charge in [-0.2, -0.15) is 0 Å². The van der Waals surface area contributed by atoms with E-state index in [1.54, 1.807) is 17.1 Å². The van der Waals surface area contributed by atoms with E-state index in [0.29, 0.717) is 11.6 Å². The van der Waals surface area contributed by atoms with Gasteiger partial charge in [0.05, 0.1) is 11.9 Å². The predicted octanol–water partition coefficient (Wildman–Crippen LogP) is 2.09. The molecule has 0 radical (unpaired) electrons. The van der Waals surface area contributed by atoms with Gasteiger partial charge in [-0.3, -0.25) is 4.79 Å². The molecule has 1 heterocycles. The Morgan fingerprint density at radius 3 is 2.76 bits per heavy atom. The molecule has 0 atom stereocenters. The summed E-state index contributed by atoms with van der Waals surface area (Å²) in [5, 5.41) is 3.06. The summed E-state index contributed by atoms with van der Waals surface area (Å²) >= 11 is 6.03. The van der Waals surface area contributed by atoms with Crippen molar-refractivity contribution >= 4 is 17.5 Å². The van der Waals surface area contributed by atoms with E-state index in [4.69, 9.17) is 11.6 Å². The second kappa shape index (κ2) is 5.08. The highest BCUT2D eigenvalue weighted by molar-refractivity contribution is 6.18. The van der Waals surface area contributed by atoms with Gasteiger partial charge in [0.2, 0.25) is 0 Å². The molecule has 1 aromatic rings. The van der Waals surface area contributed by atoms with Gasteiger partial charge in [-0.15, -0.1) is 11.6 Å². The zero-order chi connectivity index (χ0) is 12.3. The molecule has 2 rings (SSSR count). The first-order chi connectivity index (χ1) is 8.15. The molecular weight excluding hydrogens is 238 g/mol. The summed E-state index contributed by atoms with van der Waals surface area (Å²) in [5.41, 5.74) is 0.233. The van der Waals surface area contributed by atoms with Gasteiger partial charge in [0.15, 0.2) is 0 Å². The fourth-order valence-electron chi connectivity index (χ4n) is 2.36. The van der Waals surface area contributed by atoms with Gasteiger partial charge >= 0.3 is 0 Å². The van der Waals surface area contributed by atoms with Gasteiger partial charge in [0.25, 0.3) is 5.91 Å². The first-order valence-corrected chi connectivity index (χ1v) is 6.55. The minimum absolute atomic E-state index is 0.117. The molecule has 1 N–H and O–H groups in total. The monoisotopic (exact) mass is 255 g/mol. The van der Waals surface area contributed by atoms with Crippen molar-refractivity contribution in [2.45, 2.75) is 37.6 Å². The summed E-state index contributed by atoms with van der Waals surface area (Å²) in [6, 6.07) is 0. The Morgan fingerprint density at radius 1 is 1.53 bits per heavy atom. The van der Waals surface area contributed by atoms with Crippen molar-refractivity contribution in [2.75, 3.05) is 5.88 Å². The largest absolute Gasteiger partial charge is 0.344 e. The zero-order valence-electron chi connectivity index (χ0n) is 10.1. The Morgan fingerprint density at radius 2 is 2.24 bits per heavy atom. The van der Waals surface area contributed by atoms with E-state index < -0.39 is 0 Å². The minimum atomic E-state index is -0.228. The Labute approximate surface area is 106 Å². The van der Waals surface area contributed by atoms with Crippen LogP contribution in [0.25, 0.3) is 0 Å². The summed E-state index contributed by atoms with van der Waals surface area (Å²) in [6.45, 7) is 0. The van der Waals surface area contributed by atoms with E-state index in [0.717, 1.165) is 25.7 Å². The van der Waals surface area contributed by atoms with Crippen LogP contribution in [0.5, 0.6) is 0 Å². The maximum absolute atomic E-state index is 12.0. The van der Waals surface area contributed by atoms with E-state index in [1.807, 2.05) is 7.05 Å². The lowest BCUT2D eigenvalue weighted by Crippen LogP contribution is -2.51. The fourth-order valence-corrected chi connectivity index (χ4v) is 2.69. The molecule has 1 aliphatic rings. The lowest BCUT2D eigenvalue weighted by atomic mass is 9.83. The van der Waals surface area contributed by atoms with Gasteiger partial charge in [-0.25, -0.2) is 4.98 Å². The molecule has 0 saturated heterocycles. The number of nitrogens with one attached hydrogen (secondary N) is 1. The topological polar surface area (TPSA) is 46.9 Å². The molecule has 0 aromatic carbocycles. The average molecular weight is 256 g/mol. The molecule has 17 heavy (non-hydrogen) atoms. The number of imidazole rings is 1. The average Bonchev–Trinajstić information content (AvgIpc) is 2.77. The van der Waals surface area contributed by atoms with Crippen molar-refractivity contribution in [2.24, 2.45) is 7.05 Å². The molecular formula is C12H18ClN3O. The van der Waals surface area contributed by atoms with Crippen molar-refractivity contribution in [3.63, 3.8) is 0 Å². The van der Waals surface area contributed by atoms with Crippen molar-refractivity contribution in [3.05, 3.63) is 18.2 Å². The summed E-state index contributed by atoms with van der Waals surface area (Å²) in [6.07, 6.45) is 8.79. The number of alkyl halides is 1. The Hall–Kier alpha value is -1.03. The van der Waals surface area contributed by atoms with Crippen molar-refractivity contribution in [1.29, 1.82) is 0 Å². The number of carbonyl (C=O) groups is 1. The van der Waals surface area contributed by atoms with Crippen molar-refractivity contribution in [3.8, 4) is 0 Å². The second-order valence-electron chi connectivity index (χ2n) is 4.85. The molecule has 5 heteroatoms. The van der Waals surface area contributed by atoms with Crippen LogP contribution >= 0.6 is 11.6 Å². The van der Waals surface area contributed by atoms with E-state index in [2.05, 4.69) is 10.3 Å². The Bertz CT molecular complexity index is 396. The maximum Gasteiger partial charge on any atom is 0.271 e. The number of hydrogen-bond acceptors (Lipinski definition) is 2. The first kappa shape index (κ1) is 12.4. The predicted molar refractivity (Wildman–Crippen MR) is 67.2 cm³/mol. The molecule has 1 aliphatic carbocycles. The van der Waals surface area contributed by atoms with Crippen molar-refractivity contribution < 1.29 is 4.79 Å². The van der Waals surface area contributed by atoms with Crippen LogP contribution in [0.2, 0.25) is 0 Å².